The Balaban J connectivity index is 2.99. The summed E-state index contributed by atoms with van der Waals surface area (Å²) >= 11 is 3.23. The molecule has 0 aliphatic carbocycles. The van der Waals surface area contributed by atoms with Crippen LogP contribution in [0.25, 0.3) is 0 Å². The zero-order valence-electron chi connectivity index (χ0n) is 11.5. The summed E-state index contributed by atoms with van der Waals surface area (Å²) in [7, 11) is 0. The van der Waals surface area contributed by atoms with E-state index in [2.05, 4.69) is 21.2 Å². The lowest BCUT2D eigenvalue weighted by atomic mass is 9.81. The summed E-state index contributed by atoms with van der Waals surface area (Å²) < 4.78 is 0.471. The van der Waals surface area contributed by atoms with Crippen LogP contribution >= 0.6 is 15.9 Å². The minimum Gasteiger partial charge on any atom is -0.329 e. The highest BCUT2D eigenvalue weighted by Gasteiger charge is 2.33. The molecular weight excluding hydrogens is 326 g/mol. The van der Waals surface area contributed by atoms with E-state index >= 15 is 0 Å². The number of benzene rings is 1. The number of hydrogen-bond donors (Lipinski definition) is 2. The van der Waals surface area contributed by atoms with Crippen LogP contribution in [-0.2, 0) is 4.79 Å². The van der Waals surface area contributed by atoms with Crippen molar-refractivity contribution in [2.24, 2.45) is 11.1 Å². The number of nitrogens with two attached hydrogens (primary N) is 1. The first-order chi connectivity index (χ1) is 9.40. The number of anilines is 1. The monoisotopic (exact) mass is 343 g/mol. The summed E-state index contributed by atoms with van der Waals surface area (Å²) in [5.74, 6) is -0.167. The number of halogens is 1. The van der Waals surface area contributed by atoms with Gasteiger partial charge < -0.3 is 11.1 Å². The molecule has 0 bridgehead atoms. The fraction of sp³-hybridized carbons (Fsp3) is 0.462. The molecule has 0 aromatic heterocycles. The maximum atomic E-state index is 12.4. The van der Waals surface area contributed by atoms with E-state index in [0.717, 1.165) is 0 Å². The minimum atomic E-state index is -0.610. The maximum absolute atomic E-state index is 12.4. The third-order valence-electron chi connectivity index (χ3n) is 3.64. The maximum Gasteiger partial charge on any atom is 0.270 e. The summed E-state index contributed by atoms with van der Waals surface area (Å²) in [6, 6.07) is 4.22. The van der Waals surface area contributed by atoms with E-state index in [1.807, 2.05) is 13.8 Å². The Bertz CT molecular complexity index is 507. The zero-order chi connectivity index (χ0) is 15.3. The van der Waals surface area contributed by atoms with Crippen molar-refractivity contribution in [2.75, 3.05) is 11.9 Å². The summed E-state index contributed by atoms with van der Waals surface area (Å²) in [6.45, 7) is 4.10. The van der Waals surface area contributed by atoms with Crippen molar-refractivity contribution in [3.8, 4) is 0 Å². The van der Waals surface area contributed by atoms with Gasteiger partial charge in [-0.25, -0.2) is 0 Å². The predicted molar refractivity (Wildman–Crippen MR) is 81.5 cm³/mol. The van der Waals surface area contributed by atoms with E-state index in [1.165, 1.54) is 18.2 Å². The van der Waals surface area contributed by atoms with Crippen molar-refractivity contribution in [2.45, 2.75) is 26.7 Å². The van der Waals surface area contributed by atoms with Crippen molar-refractivity contribution in [3.63, 3.8) is 0 Å². The molecule has 0 saturated carbocycles. The van der Waals surface area contributed by atoms with Crippen molar-refractivity contribution < 1.29 is 9.72 Å². The molecule has 7 heteroatoms. The van der Waals surface area contributed by atoms with Gasteiger partial charge in [0.05, 0.1) is 16.0 Å². The van der Waals surface area contributed by atoms with E-state index in [4.69, 9.17) is 5.73 Å². The van der Waals surface area contributed by atoms with Gasteiger partial charge >= 0.3 is 0 Å². The molecule has 6 nitrogen and oxygen atoms in total. The Hall–Kier alpha value is -1.47. The van der Waals surface area contributed by atoms with Gasteiger partial charge in [-0.05, 0) is 34.8 Å². The number of nitro benzene ring substituents is 1. The van der Waals surface area contributed by atoms with E-state index in [0.29, 0.717) is 23.0 Å². The van der Waals surface area contributed by atoms with E-state index in [1.54, 1.807) is 0 Å². The van der Waals surface area contributed by atoms with Gasteiger partial charge in [-0.15, -0.1) is 0 Å². The van der Waals surface area contributed by atoms with Crippen LogP contribution in [0.3, 0.4) is 0 Å². The molecule has 1 aromatic rings. The molecule has 0 aliphatic heterocycles. The summed E-state index contributed by atoms with van der Waals surface area (Å²) in [4.78, 5) is 22.5. The molecule has 110 valence electrons. The highest BCUT2D eigenvalue weighted by Crippen LogP contribution is 2.31. The molecule has 0 radical (unpaired) electrons. The van der Waals surface area contributed by atoms with Gasteiger partial charge in [-0.2, -0.15) is 0 Å². The molecular formula is C13H18BrN3O3. The third kappa shape index (κ3) is 3.34. The lowest BCUT2D eigenvalue weighted by Gasteiger charge is -2.28. The molecule has 0 unspecified atom stereocenters. The number of nitrogens with zero attached hydrogens (tertiary/aromatic N) is 1. The second kappa shape index (κ2) is 6.81. The third-order valence-corrected chi connectivity index (χ3v) is 4.29. The number of amides is 1. The average Bonchev–Trinajstić information content (AvgIpc) is 2.43. The van der Waals surface area contributed by atoms with Crippen LogP contribution < -0.4 is 11.1 Å². The fourth-order valence-corrected chi connectivity index (χ4v) is 2.39. The van der Waals surface area contributed by atoms with Crippen molar-refractivity contribution in [1.82, 2.24) is 0 Å². The summed E-state index contributed by atoms with van der Waals surface area (Å²) in [5.41, 5.74) is 5.58. The largest absolute Gasteiger partial charge is 0.329 e. The van der Waals surface area contributed by atoms with Gasteiger partial charge in [0.15, 0.2) is 0 Å². The molecule has 0 atom stereocenters. The molecule has 20 heavy (non-hydrogen) atoms. The molecule has 0 saturated heterocycles. The van der Waals surface area contributed by atoms with Crippen LogP contribution in [0.5, 0.6) is 0 Å². The van der Waals surface area contributed by atoms with Crippen LogP contribution in [-0.4, -0.2) is 17.4 Å². The van der Waals surface area contributed by atoms with Crippen molar-refractivity contribution in [3.05, 3.63) is 32.8 Å². The predicted octanol–water partition coefficient (Wildman–Crippen LogP) is 3.06. The second-order valence-corrected chi connectivity index (χ2v) is 5.42. The SMILES string of the molecule is CCC(CC)(CN)C(=O)Nc1ccc([N+](=O)[O-])cc1Br. The van der Waals surface area contributed by atoms with E-state index in [-0.39, 0.29) is 18.1 Å². The molecule has 1 rings (SSSR count). The second-order valence-electron chi connectivity index (χ2n) is 4.57. The molecule has 1 aromatic carbocycles. The van der Waals surface area contributed by atoms with Crippen LogP contribution in [0, 0.1) is 15.5 Å². The number of rotatable bonds is 6. The standard InChI is InChI=1S/C13H18BrN3O3/c1-3-13(4-2,8-15)12(18)16-11-6-5-9(17(19)20)7-10(11)14/h5-7H,3-4,8,15H2,1-2H3,(H,16,18). The first kappa shape index (κ1) is 16.6. The number of hydrogen-bond acceptors (Lipinski definition) is 4. The lowest BCUT2D eigenvalue weighted by molar-refractivity contribution is -0.384. The van der Waals surface area contributed by atoms with Crippen LogP contribution in [0.1, 0.15) is 26.7 Å². The van der Waals surface area contributed by atoms with Gasteiger partial charge in [0.1, 0.15) is 0 Å². The van der Waals surface area contributed by atoms with E-state index in [9.17, 15) is 14.9 Å². The van der Waals surface area contributed by atoms with Crippen LogP contribution in [0.4, 0.5) is 11.4 Å². The smallest absolute Gasteiger partial charge is 0.270 e. The van der Waals surface area contributed by atoms with Crippen LogP contribution in [0.2, 0.25) is 0 Å². The van der Waals surface area contributed by atoms with Crippen molar-refractivity contribution in [1.29, 1.82) is 0 Å². The summed E-state index contributed by atoms with van der Waals surface area (Å²) in [6.07, 6.45) is 1.27. The van der Waals surface area contributed by atoms with Crippen LogP contribution in [0.15, 0.2) is 22.7 Å². The fourth-order valence-electron chi connectivity index (χ4n) is 1.93. The Labute approximate surface area is 126 Å². The topological polar surface area (TPSA) is 98.3 Å². The van der Waals surface area contributed by atoms with Gasteiger partial charge in [-0.1, -0.05) is 13.8 Å². The minimum absolute atomic E-state index is 0.0362. The highest BCUT2D eigenvalue weighted by atomic mass is 79.9. The molecule has 1 amide bonds. The number of carbonyl (C=O) groups excluding carboxylic acids is 1. The van der Waals surface area contributed by atoms with Gasteiger partial charge in [0.2, 0.25) is 5.91 Å². The first-order valence-electron chi connectivity index (χ1n) is 6.35. The number of nitro groups is 1. The Morgan fingerprint density at radius 3 is 2.45 bits per heavy atom. The van der Waals surface area contributed by atoms with Gasteiger partial charge in [-0.3, -0.25) is 14.9 Å². The van der Waals surface area contributed by atoms with Gasteiger partial charge in [0, 0.05) is 23.2 Å². The molecule has 0 heterocycles. The van der Waals surface area contributed by atoms with Crippen molar-refractivity contribution >= 4 is 33.2 Å². The first-order valence-corrected chi connectivity index (χ1v) is 7.15. The molecule has 0 spiro atoms. The normalized spacial score (nSPS) is 11.2. The Morgan fingerprint density at radius 2 is 2.05 bits per heavy atom. The number of carbonyl (C=O) groups is 1. The average molecular weight is 344 g/mol. The van der Waals surface area contributed by atoms with Gasteiger partial charge in [0.25, 0.3) is 5.69 Å². The number of nitrogens with one attached hydrogen (secondary N) is 1. The quantitative estimate of drug-likeness (QED) is 0.612. The Morgan fingerprint density at radius 1 is 1.45 bits per heavy atom. The number of non-ortho nitro benzene ring substituents is 1. The van der Waals surface area contributed by atoms with E-state index < -0.39 is 10.3 Å². The molecule has 0 fully saturated rings. The lowest BCUT2D eigenvalue weighted by Crippen LogP contribution is -2.41. The Kier molecular flexibility index (Phi) is 5.64. The zero-order valence-corrected chi connectivity index (χ0v) is 13.1. The molecule has 3 N–H and O–H groups in total. The molecule has 0 aliphatic rings. The summed E-state index contributed by atoms with van der Waals surface area (Å²) in [5, 5.41) is 13.4. The highest BCUT2D eigenvalue weighted by molar-refractivity contribution is 9.10.